The van der Waals surface area contributed by atoms with Crippen molar-refractivity contribution in [2.24, 2.45) is 0 Å². The van der Waals surface area contributed by atoms with Crippen LogP contribution < -0.4 is 4.90 Å². The molecule has 6 heteroatoms. The van der Waals surface area contributed by atoms with Crippen molar-refractivity contribution in [1.29, 1.82) is 0 Å². The second kappa shape index (κ2) is 5.95. The van der Waals surface area contributed by atoms with Gasteiger partial charge >= 0.3 is 0 Å². The van der Waals surface area contributed by atoms with Crippen molar-refractivity contribution in [3.63, 3.8) is 0 Å². The van der Waals surface area contributed by atoms with Gasteiger partial charge in [-0.1, -0.05) is 47.5 Å². The molecule has 1 unspecified atom stereocenters. The molecule has 0 saturated carbocycles. The molecule has 3 nitrogen and oxygen atoms in total. The molecular weight excluding hydrogens is 349 g/mol. The van der Waals surface area contributed by atoms with Crippen LogP contribution in [-0.2, 0) is 0 Å². The van der Waals surface area contributed by atoms with Crippen LogP contribution in [0.4, 0.5) is 5.69 Å². The Morgan fingerprint density at radius 2 is 1.61 bits per heavy atom. The number of benzene rings is 2. The van der Waals surface area contributed by atoms with Gasteiger partial charge in [0.2, 0.25) is 0 Å². The minimum absolute atomic E-state index is 0.103. The molecule has 1 atom stereocenters. The van der Waals surface area contributed by atoms with Gasteiger partial charge in [0, 0.05) is 34.4 Å². The molecule has 0 aliphatic carbocycles. The molecule has 2 aliphatic heterocycles. The quantitative estimate of drug-likeness (QED) is 0.713. The molecule has 2 aromatic rings. The van der Waals surface area contributed by atoms with Crippen molar-refractivity contribution in [2.45, 2.75) is 12.6 Å². The molecule has 0 bridgehead atoms. The van der Waals surface area contributed by atoms with Crippen molar-refractivity contribution < 1.29 is 0 Å². The van der Waals surface area contributed by atoms with Gasteiger partial charge in [-0.25, -0.2) is 0 Å². The van der Waals surface area contributed by atoms with E-state index in [4.69, 9.17) is 35.4 Å². The Kier molecular flexibility index (Phi) is 3.93. The second-order valence-electron chi connectivity index (χ2n) is 5.64. The average Bonchev–Trinajstić information content (AvgIpc) is 3.12. The molecule has 2 aliphatic rings. The number of fused-ring (bicyclic) bond motifs is 1. The van der Waals surface area contributed by atoms with Crippen LogP contribution in [0, 0.1) is 0 Å². The summed E-state index contributed by atoms with van der Waals surface area (Å²) in [5.41, 5.74) is 1.96. The molecule has 0 radical (unpaired) electrons. The minimum Gasteiger partial charge on any atom is -0.296 e. The van der Waals surface area contributed by atoms with Gasteiger partial charge in [-0.2, -0.15) is 5.01 Å². The zero-order valence-corrected chi connectivity index (χ0v) is 14.7. The highest BCUT2D eigenvalue weighted by atomic mass is 35.5. The van der Waals surface area contributed by atoms with Crippen LogP contribution in [0.3, 0.4) is 0 Å². The summed E-state index contributed by atoms with van der Waals surface area (Å²) in [6, 6.07) is 15.8. The van der Waals surface area contributed by atoms with E-state index >= 15 is 0 Å². The van der Waals surface area contributed by atoms with E-state index < -0.39 is 0 Å². The van der Waals surface area contributed by atoms with E-state index in [9.17, 15) is 0 Å². The summed E-state index contributed by atoms with van der Waals surface area (Å²) < 4.78 is 0. The van der Waals surface area contributed by atoms with E-state index in [1.54, 1.807) is 0 Å². The first-order valence-electron chi connectivity index (χ1n) is 7.55. The summed E-state index contributed by atoms with van der Waals surface area (Å²) in [5, 5.41) is 6.56. The zero-order valence-electron chi connectivity index (χ0n) is 12.3. The van der Waals surface area contributed by atoms with Crippen molar-refractivity contribution in [1.82, 2.24) is 10.0 Å². The third-order valence-corrected chi connectivity index (χ3v) is 5.38. The van der Waals surface area contributed by atoms with Gasteiger partial charge in [-0.15, -0.1) is 0 Å². The molecule has 0 N–H and O–H groups in total. The number of nitrogens with zero attached hydrogens (tertiary/aromatic N) is 3. The Balaban J connectivity index is 1.88. The Labute approximate surface area is 151 Å². The number of hydrazine groups is 1. The lowest BCUT2D eigenvalue weighted by atomic mass is 10.1. The first-order chi connectivity index (χ1) is 11.2. The molecule has 2 saturated heterocycles. The molecule has 0 amide bonds. The topological polar surface area (TPSA) is 9.72 Å². The van der Waals surface area contributed by atoms with Crippen LogP contribution in [0.15, 0.2) is 48.5 Å². The number of hydrogen-bond donors (Lipinski definition) is 0. The fourth-order valence-electron chi connectivity index (χ4n) is 3.33. The van der Waals surface area contributed by atoms with Crippen LogP contribution in [0.5, 0.6) is 0 Å². The van der Waals surface area contributed by atoms with E-state index in [2.05, 4.69) is 27.1 Å². The Morgan fingerprint density at radius 3 is 2.30 bits per heavy atom. The molecule has 2 heterocycles. The molecular formula is C17H15Cl2N3S. The van der Waals surface area contributed by atoms with E-state index in [0.29, 0.717) is 10.0 Å². The largest absolute Gasteiger partial charge is 0.296 e. The van der Waals surface area contributed by atoms with E-state index in [1.807, 2.05) is 36.4 Å². The fraction of sp³-hybridized carbons (Fsp3) is 0.235. The normalized spacial score (nSPS) is 21.1. The second-order valence-corrected chi connectivity index (χ2v) is 6.82. The third-order valence-electron chi connectivity index (χ3n) is 4.31. The lowest BCUT2D eigenvalue weighted by Gasteiger charge is -2.30. The zero-order chi connectivity index (χ0) is 16.0. The van der Waals surface area contributed by atoms with Crippen molar-refractivity contribution in [2.75, 3.05) is 18.0 Å². The molecule has 0 spiro atoms. The highest BCUT2D eigenvalue weighted by Crippen LogP contribution is 2.44. The van der Waals surface area contributed by atoms with Crippen LogP contribution in [-0.4, -0.2) is 28.2 Å². The first-order valence-corrected chi connectivity index (χ1v) is 8.71. The van der Waals surface area contributed by atoms with Crippen LogP contribution in [0.25, 0.3) is 0 Å². The lowest BCUT2D eigenvalue weighted by Crippen LogP contribution is -2.32. The maximum absolute atomic E-state index is 6.50. The molecule has 4 rings (SSSR count). The summed E-state index contributed by atoms with van der Waals surface area (Å²) in [5.74, 6) is 0. The first kappa shape index (κ1) is 15.2. The van der Waals surface area contributed by atoms with Crippen molar-refractivity contribution in [3.05, 3.63) is 64.1 Å². The number of para-hydroxylation sites is 1. The van der Waals surface area contributed by atoms with E-state index in [-0.39, 0.29) is 6.17 Å². The predicted octanol–water partition coefficient (Wildman–Crippen LogP) is 4.72. The van der Waals surface area contributed by atoms with Crippen molar-refractivity contribution in [3.8, 4) is 0 Å². The van der Waals surface area contributed by atoms with Crippen LogP contribution in [0.1, 0.15) is 18.2 Å². The summed E-state index contributed by atoms with van der Waals surface area (Å²) in [4.78, 5) is 2.14. The highest BCUT2D eigenvalue weighted by Gasteiger charge is 2.46. The maximum atomic E-state index is 6.50. The van der Waals surface area contributed by atoms with Crippen LogP contribution >= 0.6 is 35.4 Å². The Hall–Kier alpha value is -1.33. The van der Waals surface area contributed by atoms with Crippen LogP contribution in [0.2, 0.25) is 10.0 Å². The van der Waals surface area contributed by atoms with E-state index in [1.165, 1.54) is 0 Å². The van der Waals surface area contributed by atoms with Gasteiger partial charge in [0.25, 0.3) is 0 Å². The predicted molar refractivity (Wildman–Crippen MR) is 98.8 cm³/mol. The summed E-state index contributed by atoms with van der Waals surface area (Å²) >= 11 is 18.7. The van der Waals surface area contributed by atoms with Gasteiger partial charge in [0.15, 0.2) is 5.11 Å². The lowest BCUT2D eigenvalue weighted by molar-refractivity contribution is 0.0924. The molecule has 2 aromatic carbocycles. The molecule has 118 valence electrons. The number of halogens is 2. The minimum atomic E-state index is -0.103. The number of rotatable bonds is 2. The number of anilines is 1. The van der Waals surface area contributed by atoms with Gasteiger partial charge in [-0.05, 0) is 42.9 Å². The standard InChI is InChI=1S/C17H15Cl2N3S/c18-13-8-4-9-14(19)15(13)16-20-10-5-11-21(20)17(23)22(16)12-6-2-1-3-7-12/h1-4,6-9,16H,5,10-11H2. The molecule has 2 fully saturated rings. The van der Waals surface area contributed by atoms with Gasteiger partial charge in [0.1, 0.15) is 6.17 Å². The van der Waals surface area contributed by atoms with E-state index in [0.717, 1.165) is 35.9 Å². The van der Waals surface area contributed by atoms with Gasteiger partial charge < -0.3 is 0 Å². The fourth-order valence-corrected chi connectivity index (χ4v) is 4.32. The third kappa shape index (κ3) is 2.41. The summed E-state index contributed by atoms with van der Waals surface area (Å²) in [7, 11) is 0. The SMILES string of the molecule is S=C1N(c2ccccc2)C(c2c(Cl)cccc2Cl)N2CCCN12. The van der Waals surface area contributed by atoms with Crippen molar-refractivity contribution >= 4 is 46.2 Å². The van der Waals surface area contributed by atoms with Gasteiger partial charge in [0.05, 0.1) is 0 Å². The monoisotopic (exact) mass is 363 g/mol. The highest BCUT2D eigenvalue weighted by molar-refractivity contribution is 7.80. The average molecular weight is 364 g/mol. The molecule has 23 heavy (non-hydrogen) atoms. The Bertz CT molecular complexity index is 733. The summed E-state index contributed by atoms with van der Waals surface area (Å²) in [6.07, 6.45) is 0.982. The molecule has 0 aromatic heterocycles. The number of thiocarbonyl (C=S) groups is 1. The number of hydrogen-bond acceptors (Lipinski definition) is 2. The smallest absolute Gasteiger partial charge is 0.192 e. The maximum Gasteiger partial charge on any atom is 0.192 e. The van der Waals surface area contributed by atoms with Gasteiger partial charge in [-0.3, -0.25) is 9.91 Å². The summed E-state index contributed by atoms with van der Waals surface area (Å²) in [6.45, 7) is 1.87. The Morgan fingerprint density at radius 1 is 0.913 bits per heavy atom.